The van der Waals surface area contributed by atoms with Crippen molar-refractivity contribution in [1.29, 1.82) is 0 Å². The summed E-state index contributed by atoms with van der Waals surface area (Å²) < 4.78 is 48.6. The quantitative estimate of drug-likeness (QED) is 0.569. The monoisotopic (exact) mass is 519 g/mol. The first-order chi connectivity index (χ1) is 16.8. The van der Waals surface area contributed by atoms with Crippen molar-refractivity contribution in [2.75, 3.05) is 19.7 Å². The summed E-state index contributed by atoms with van der Waals surface area (Å²) in [6, 6.07) is 7.14. The molecule has 2 fully saturated rings. The Morgan fingerprint density at radius 1 is 1.23 bits per heavy atom. The molecule has 3 aliphatic rings. The Labute approximate surface area is 207 Å². The van der Waals surface area contributed by atoms with Gasteiger partial charge in [0, 0.05) is 46.5 Å². The number of allylic oxidation sites excluding steroid dienone is 1. The van der Waals surface area contributed by atoms with Gasteiger partial charge in [-0.15, -0.1) is 11.8 Å². The highest BCUT2D eigenvalue weighted by atomic mass is 32.2. The van der Waals surface area contributed by atoms with E-state index in [9.17, 15) is 17.6 Å². The molecule has 3 heterocycles. The van der Waals surface area contributed by atoms with Gasteiger partial charge in [-0.2, -0.15) is 0 Å². The second kappa shape index (κ2) is 9.79. The number of halogens is 1. The smallest absolute Gasteiger partial charge is 0.254 e. The van der Waals surface area contributed by atoms with E-state index in [1.165, 1.54) is 23.9 Å². The van der Waals surface area contributed by atoms with Crippen molar-refractivity contribution in [3.63, 3.8) is 0 Å². The van der Waals surface area contributed by atoms with E-state index in [-0.39, 0.29) is 22.2 Å². The summed E-state index contributed by atoms with van der Waals surface area (Å²) in [5, 5.41) is 5.06. The number of carbonyl (C=O) groups is 1. The van der Waals surface area contributed by atoms with Crippen LogP contribution in [-0.2, 0) is 14.8 Å². The van der Waals surface area contributed by atoms with Gasteiger partial charge < -0.3 is 14.4 Å². The van der Waals surface area contributed by atoms with Crippen LogP contribution in [0.5, 0.6) is 5.88 Å². The van der Waals surface area contributed by atoms with Crippen LogP contribution in [0.4, 0.5) is 4.39 Å². The van der Waals surface area contributed by atoms with E-state index in [1.54, 1.807) is 17.2 Å². The third-order valence-corrected chi connectivity index (χ3v) is 8.29. The molecule has 2 aliphatic heterocycles. The molecule has 1 aromatic carbocycles. The number of sulfonamides is 1. The molecule has 1 amide bonds. The maximum Gasteiger partial charge on any atom is 0.254 e. The number of hydrogen-bond donors (Lipinski definition) is 1. The highest BCUT2D eigenvalue weighted by molar-refractivity contribution is 8.00. The molecule has 1 aliphatic carbocycles. The summed E-state index contributed by atoms with van der Waals surface area (Å²) >= 11 is 1.28. The molecule has 11 heteroatoms. The van der Waals surface area contributed by atoms with Gasteiger partial charge in [-0.1, -0.05) is 0 Å². The highest BCUT2D eigenvalue weighted by Gasteiger charge is 2.34. The molecule has 1 saturated heterocycles. The average Bonchev–Trinajstić information content (AvgIpc) is 3.66. The minimum atomic E-state index is -3.96. The SMILES string of the molecule is NS(=O)(=O)c1ccc(SC2CN(C(=O)c3cc(OCC4CCC=CO4)nc(C4CC4)c3)C2)c(F)c1. The van der Waals surface area contributed by atoms with E-state index < -0.39 is 15.8 Å². The molecule has 2 aromatic rings. The fraction of sp³-hybridized carbons (Fsp3) is 0.417. The number of primary sulfonamides is 1. The number of amides is 1. The lowest BCUT2D eigenvalue weighted by Gasteiger charge is -2.39. The van der Waals surface area contributed by atoms with Crippen LogP contribution in [0, 0.1) is 5.82 Å². The van der Waals surface area contributed by atoms with Gasteiger partial charge in [-0.3, -0.25) is 4.79 Å². The number of pyridine rings is 1. The Balaban J connectivity index is 1.21. The minimum absolute atomic E-state index is 0.00532. The minimum Gasteiger partial charge on any atom is -0.495 e. The summed E-state index contributed by atoms with van der Waals surface area (Å²) in [6.07, 6.45) is 7.57. The third kappa shape index (κ3) is 5.79. The van der Waals surface area contributed by atoms with Gasteiger partial charge in [0.15, 0.2) is 0 Å². The van der Waals surface area contributed by atoms with E-state index in [0.29, 0.717) is 42.0 Å². The second-order valence-corrected chi connectivity index (χ2v) is 11.9. The van der Waals surface area contributed by atoms with Gasteiger partial charge in [0.05, 0.1) is 11.2 Å². The van der Waals surface area contributed by atoms with Gasteiger partial charge in [-0.05, 0) is 56.0 Å². The van der Waals surface area contributed by atoms with E-state index in [2.05, 4.69) is 4.98 Å². The van der Waals surface area contributed by atoms with Crippen molar-refractivity contribution in [3.8, 4) is 5.88 Å². The zero-order chi connectivity index (χ0) is 24.6. The predicted molar refractivity (Wildman–Crippen MR) is 128 cm³/mol. The third-order valence-electron chi connectivity index (χ3n) is 6.16. The van der Waals surface area contributed by atoms with Crippen LogP contribution in [0.2, 0.25) is 0 Å². The molecule has 0 spiro atoms. The Morgan fingerprint density at radius 3 is 2.69 bits per heavy atom. The average molecular weight is 520 g/mol. The van der Waals surface area contributed by atoms with Crippen LogP contribution in [0.15, 0.2) is 52.5 Å². The van der Waals surface area contributed by atoms with Crippen molar-refractivity contribution in [2.45, 2.75) is 52.7 Å². The molecule has 1 saturated carbocycles. The normalized spacial score (nSPS) is 20.3. The largest absolute Gasteiger partial charge is 0.495 e. The Morgan fingerprint density at radius 2 is 2.03 bits per heavy atom. The molecule has 0 bridgehead atoms. The molecule has 35 heavy (non-hydrogen) atoms. The van der Waals surface area contributed by atoms with Crippen molar-refractivity contribution in [2.24, 2.45) is 5.14 Å². The van der Waals surface area contributed by atoms with E-state index >= 15 is 0 Å². The Kier molecular flexibility index (Phi) is 6.73. The molecule has 1 atom stereocenters. The second-order valence-electron chi connectivity index (χ2n) is 9.00. The lowest BCUT2D eigenvalue weighted by Crippen LogP contribution is -2.52. The summed E-state index contributed by atoms with van der Waals surface area (Å²) in [6.45, 7) is 1.29. The number of hydrogen-bond acceptors (Lipinski definition) is 7. The Hall–Kier alpha value is -2.63. The van der Waals surface area contributed by atoms with Gasteiger partial charge in [0.25, 0.3) is 5.91 Å². The summed E-state index contributed by atoms with van der Waals surface area (Å²) in [7, 11) is -3.96. The van der Waals surface area contributed by atoms with E-state index in [1.807, 2.05) is 12.1 Å². The van der Waals surface area contributed by atoms with Gasteiger partial charge in [0.2, 0.25) is 15.9 Å². The molecule has 1 aromatic heterocycles. The topological polar surface area (TPSA) is 112 Å². The van der Waals surface area contributed by atoms with Crippen LogP contribution < -0.4 is 9.88 Å². The number of carbonyl (C=O) groups excluding carboxylic acids is 1. The molecule has 5 rings (SSSR count). The number of aromatic nitrogens is 1. The Bertz CT molecular complexity index is 1260. The number of benzene rings is 1. The molecular weight excluding hydrogens is 493 g/mol. The van der Waals surface area contributed by atoms with Crippen LogP contribution in [0.25, 0.3) is 0 Å². The number of nitrogens with zero attached hydrogens (tertiary/aromatic N) is 2. The molecule has 186 valence electrons. The first kappa shape index (κ1) is 24.1. The van der Waals surface area contributed by atoms with Gasteiger partial charge >= 0.3 is 0 Å². The summed E-state index contributed by atoms with van der Waals surface area (Å²) in [4.78, 5) is 19.5. The fourth-order valence-corrected chi connectivity index (χ4v) is 5.70. The number of ether oxygens (including phenoxy) is 2. The van der Waals surface area contributed by atoms with Crippen LogP contribution >= 0.6 is 11.8 Å². The lowest BCUT2D eigenvalue weighted by atomic mass is 10.1. The van der Waals surface area contributed by atoms with Crippen molar-refractivity contribution >= 4 is 27.7 Å². The van der Waals surface area contributed by atoms with Crippen molar-refractivity contribution < 1.29 is 27.1 Å². The molecular formula is C24H26FN3O5S2. The molecule has 0 radical (unpaired) electrons. The number of rotatable bonds is 8. The van der Waals surface area contributed by atoms with Gasteiger partial charge in [0.1, 0.15) is 18.5 Å². The molecule has 1 unspecified atom stereocenters. The summed E-state index contributed by atoms with van der Waals surface area (Å²) in [5.41, 5.74) is 1.41. The number of thioether (sulfide) groups is 1. The van der Waals surface area contributed by atoms with Crippen LogP contribution in [-0.4, -0.2) is 55.3 Å². The molecule has 8 nitrogen and oxygen atoms in total. The van der Waals surface area contributed by atoms with Crippen LogP contribution in [0.3, 0.4) is 0 Å². The zero-order valence-corrected chi connectivity index (χ0v) is 20.6. The van der Waals surface area contributed by atoms with E-state index in [4.69, 9.17) is 14.6 Å². The number of nitrogens with two attached hydrogens (primary N) is 1. The fourth-order valence-electron chi connectivity index (χ4n) is 3.99. The first-order valence-corrected chi connectivity index (χ1v) is 13.9. The van der Waals surface area contributed by atoms with E-state index in [0.717, 1.165) is 37.4 Å². The zero-order valence-electron chi connectivity index (χ0n) is 18.9. The van der Waals surface area contributed by atoms with Crippen molar-refractivity contribution in [1.82, 2.24) is 9.88 Å². The standard InChI is InChI=1S/C24H26FN3O5S2/c25-20-11-19(35(26,30)31)6-7-22(20)34-18-12-28(13-18)24(29)16-9-21(15-4-5-15)27-23(10-16)33-14-17-3-1-2-8-32-17/h2,6-11,15,17-18H,1,3-5,12-14H2,(H2,26,30,31). The maximum atomic E-state index is 14.3. The highest BCUT2D eigenvalue weighted by Crippen LogP contribution is 2.40. The van der Waals surface area contributed by atoms with Crippen LogP contribution in [0.1, 0.15) is 47.7 Å². The number of likely N-dealkylation sites (tertiary alicyclic amines) is 1. The van der Waals surface area contributed by atoms with Crippen molar-refractivity contribution in [3.05, 3.63) is 59.7 Å². The van der Waals surface area contributed by atoms with Gasteiger partial charge in [-0.25, -0.2) is 22.9 Å². The molecule has 2 N–H and O–H groups in total. The first-order valence-electron chi connectivity index (χ1n) is 11.5. The lowest BCUT2D eigenvalue weighted by molar-refractivity contribution is 0.0658. The summed E-state index contributed by atoms with van der Waals surface area (Å²) in [5.74, 6) is 0.0351. The predicted octanol–water partition coefficient (Wildman–Crippen LogP) is 3.43. The maximum absolute atomic E-state index is 14.3.